The highest BCUT2D eigenvalue weighted by Crippen LogP contribution is 2.40. The van der Waals surface area contributed by atoms with Crippen molar-refractivity contribution in [3.8, 4) is 0 Å². The van der Waals surface area contributed by atoms with Gasteiger partial charge in [0.1, 0.15) is 5.82 Å². The maximum absolute atomic E-state index is 14.1. The fourth-order valence-corrected chi connectivity index (χ4v) is 5.41. The highest BCUT2D eigenvalue weighted by atomic mass is 32.2. The van der Waals surface area contributed by atoms with Gasteiger partial charge in [-0.3, -0.25) is 4.79 Å². The Morgan fingerprint density at radius 1 is 1.03 bits per heavy atom. The number of likely N-dealkylation sites (tertiary alicyclic amines) is 1. The standard InChI is InChI=1S/C23H23FN2O5S/c1-2-31-23(28)16-6-9-18(10-7-16)26-15-21(22(27)25-12-4-3-5-13-25)32(29,30)20-11-8-17(24)14-19(20)26/h6-11,14-15H,2-5,12-13H2,1H3. The first-order chi connectivity index (χ1) is 15.3. The summed E-state index contributed by atoms with van der Waals surface area (Å²) in [5, 5.41) is 0. The molecular formula is C23H23FN2O5S. The number of carbonyl (C=O) groups is 2. The number of nitrogens with zero attached hydrogens (tertiary/aromatic N) is 2. The number of hydrogen-bond donors (Lipinski definition) is 0. The lowest BCUT2D eigenvalue weighted by Crippen LogP contribution is -2.39. The Labute approximate surface area is 186 Å². The van der Waals surface area contributed by atoms with E-state index in [9.17, 15) is 22.4 Å². The Balaban J connectivity index is 1.80. The minimum absolute atomic E-state index is 0.101. The Bertz CT molecular complexity index is 1190. The predicted octanol–water partition coefficient (Wildman–Crippen LogP) is 3.78. The SMILES string of the molecule is CCOC(=O)c1ccc(N2C=C(C(=O)N3CCCCC3)S(=O)(=O)c3ccc(F)cc32)cc1. The number of fused-ring (bicyclic) bond motifs is 1. The topological polar surface area (TPSA) is 84.0 Å². The zero-order valence-electron chi connectivity index (χ0n) is 17.6. The van der Waals surface area contributed by atoms with Gasteiger partial charge < -0.3 is 14.5 Å². The van der Waals surface area contributed by atoms with Crippen LogP contribution < -0.4 is 4.90 Å². The van der Waals surface area contributed by atoms with Gasteiger partial charge in [-0.25, -0.2) is 17.6 Å². The van der Waals surface area contributed by atoms with E-state index >= 15 is 0 Å². The molecule has 0 aliphatic carbocycles. The number of ether oxygens (including phenoxy) is 1. The Hall–Kier alpha value is -3.20. The monoisotopic (exact) mass is 458 g/mol. The number of anilines is 2. The van der Waals surface area contributed by atoms with E-state index in [-0.39, 0.29) is 22.1 Å². The molecule has 2 aromatic rings. The maximum atomic E-state index is 14.1. The molecule has 2 aliphatic rings. The van der Waals surface area contributed by atoms with Gasteiger partial charge in [0.25, 0.3) is 5.91 Å². The molecule has 9 heteroatoms. The summed E-state index contributed by atoms with van der Waals surface area (Å²) in [6, 6.07) is 9.62. The summed E-state index contributed by atoms with van der Waals surface area (Å²) in [6.45, 7) is 2.94. The van der Waals surface area contributed by atoms with Crippen LogP contribution in [-0.2, 0) is 19.4 Å². The first-order valence-corrected chi connectivity index (χ1v) is 11.9. The van der Waals surface area contributed by atoms with Gasteiger partial charge >= 0.3 is 5.97 Å². The van der Waals surface area contributed by atoms with Gasteiger partial charge in [0.15, 0.2) is 4.91 Å². The number of esters is 1. The first-order valence-electron chi connectivity index (χ1n) is 10.4. The second kappa shape index (κ2) is 8.74. The summed E-state index contributed by atoms with van der Waals surface area (Å²) in [7, 11) is -4.13. The van der Waals surface area contributed by atoms with Crippen LogP contribution in [0, 0.1) is 5.82 Å². The minimum Gasteiger partial charge on any atom is -0.462 e. The van der Waals surface area contributed by atoms with Crippen LogP contribution in [0.3, 0.4) is 0 Å². The van der Waals surface area contributed by atoms with Crippen LogP contribution in [-0.4, -0.2) is 44.9 Å². The third-order valence-corrected chi connectivity index (χ3v) is 7.30. The van der Waals surface area contributed by atoms with E-state index in [1.165, 1.54) is 29.3 Å². The van der Waals surface area contributed by atoms with Gasteiger partial charge in [0.2, 0.25) is 9.84 Å². The van der Waals surface area contributed by atoms with Crippen LogP contribution in [0.1, 0.15) is 36.5 Å². The molecule has 4 rings (SSSR count). The molecule has 0 radical (unpaired) electrons. The molecule has 0 atom stereocenters. The number of hydrogen-bond acceptors (Lipinski definition) is 6. The minimum atomic E-state index is -4.13. The molecule has 7 nitrogen and oxygen atoms in total. The summed E-state index contributed by atoms with van der Waals surface area (Å²) in [4.78, 5) is 27.6. The summed E-state index contributed by atoms with van der Waals surface area (Å²) in [5.74, 6) is -1.65. The van der Waals surface area contributed by atoms with E-state index < -0.39 is 27.5 Å². The molecule has 2 heterocycles. The molecule has 1 fully saturated rings. The fourth-order valence-electron chi connectivity index (χ4n) is 3.89. The molecule has 0 aromatic heterocycles. The van der Waals surface area contributed by atoms with E-state index in [2.05, 4.69) is 0 Å². The lowest BCUT2D eigenvalue weighted by atomic mass is 10.1. The van der Waals surface area contributed by atoms with Crippen LogP contribution in [0.25, 0.3) is 0 Å². The third-order valence-electron chi connectivity index (χ3n) is 5.52. The number of halogens is 1. The molecule has 2 aliphatic heterocycles. The van der Waals surface area contributed by atoms with Crippen molar-refractivity contribution in [3.63, 3.8) is 0 Å². The summed E-state index contributed by atoms with van der Waals surface area (Å²) in [5.41, 5.74) is 0.904. The summed E-state index contributed by atoms with van der Waals surface area (Å²) >= 11 is 0. The smallest absolute Gasteiger partial charge is 0.338 e. The van der Waals surface area contributed by atoms with Crippen molar-refractivity contribution in [1.82, 2.24) is 4.90 Å². The molecule has 168 valence electrons. The highest BCUT2D eigenvalue weighted by Gasteiger charge is 2.38. The number of benzene rings is 2. The van der Waals surface area contributed by atoms with Gasteiger partial charge in [-0.2, -0.15) is 0 Å². The molecular weight excluding hydrogens is 435 g/mol. The normalized spacial score (nSPS) is 17.4. The van der Waals surface area contributed by atoms with Crippen LogP contribution >= 0.6 is 0 Å². The van der Waals surface area contributed by atoms with E-state index in [1.807, 2.05) is 0 Å². The molecule has 2 aromatic carbocycles. The van der Waals surface area contributed by atoms with Gasteiger partial charge in [-0.1, -0.05) is 0 Å². The van der Waals surface area contributed by atoms with Gasteiger partial charge in [0, 0.05) is 25.0 Å². The molecule has 0 bridgehead atoms. The van der Waals surface area contributed by atoms with E-state index in [0.29, 0.717) is 24.3 Å². The second-order valence-corrected chi connectivity index (χ2v) is 9.49. The third kappa shape index (κ3) is 4.00. The van der Waals surface area contributed by atoms with Gasteiger partial charge in [-0.05, 0) is 68.7 Å². The largest absolute Gasteiger partial charge is 0.462 e. The predicted molar refractivity (Wildman–Crippen MR) is 117 cm³/mol. The van der Waals surface area contributed by atoms with Gasteiger partial charge in [-0.15, -0.1) is 0 Å². The lowest BCUT2D eigenvalue weighted by Gasteiger charge is -2.32. The number of sulfone groups is 1. The van der Waals surface area contributed by atoms with Crippen molar-refractivity contribution in [2.24, 2.45) is 0 Å². The highest BCUT2D eigenvalue weighted by molar-refractivity contribution is 7.96. The Kier molecular flexibility index (Phi) is 6.01. The van der Waals surface area contributed by atoms with E-state index in [4.69, 9.17) is 4.74 Å². The number of rotatable bonds is 4. The molecule has 32 heavy (non-hydrogen) atoms. The lowest BCUT2D eigenvalue weighted by molar-refractivity contribution is -0.127. The van der Waals surface area contributed by atoms with Crippen molar-refractivity contribution in [1.29, 1.82) is 0 Å². The molecule has 0 N–H and O–H groups in total. The number of piperidine rings is 1. The molecule has 0 spiro atoms. The van der Waals surface area contributed by atoms with Crippen LogP contribution in [0.4, 0.5) is 15.8 Å². The van der Waals surface area contributed by atoms with Crippen LogP contribution in [0.15, 0.2) is 58.5 Å². The molecule has 0 saturated carbocycles. The van der Waals surface area contributed by atoms with E-state index in [0.717, 1.165) is 31.4 Å². The van der Waals surface area contributed by atoms with E-state index in [1.54, 1.807) is 24.0 Å². The zero-order chi connectivity index (χ0) is 22.9. The van der Waals surface area contributed by atoms with Crippen molar-refractivity contribution in [2.75, 3.05) is 24.6 Å². The fraction of sp³-hybridized carbons (Fsp3) is 0.304. The van der Waals surface area contributed by atoms with Gasteiger partial charge in [0.05, 0.1) is 22.8 Å². The van der Waals surface area contributed by atoms with Crippen molar-refractivity contribution < 1.29 is 27.1 Å². The second-order valence-electron chi connectivity index (χ2n) is 7.60. The molecule has 1 saturated heterocycles. The quantitative estimate of drug-likeness (QED) is 0.512. The number of carbonyl (C=O) groups excluding carboxylic acids is 2. The molecule has 1 amide bonds. The summed E-state index contributed by atoms with van der Waals surface area (Å²) in [6.07, 6.45) is 3.88. The van der Waals surface area contributed by atoms with Crippen molar-refractivity contribution >= 4 is 33.1 Å². The first kappa shape index (κ1) is 22.0. The van der Waals surface area contributed by atoms with Crippen molar-refractivity contribution in [2.45, 2.75) is 31.1 Å². The van der Waals surface area contributed by atoms with Crippen LogP contribution in [0.2, 0.25) is 0 Å². The summed E-state index contributed by atoms with van der Waals surface area (Å²) < 4.78 is 45.6. The van der Waals surface area contributed by atoms with Crippen molar-refractivity contribution in [3.05, 3.63) is 65.0 Å². The average molecular weight is 459 g/mol. The Morgan fingerprint density at radius 3 is 2.38 bits per heavy atom. The van der Waals surface area contributed by atoms with Crippen LogP contribution in [0.5, 0.6) is 0 Å². The number of amides is 1. The molecule has 0 unspecified atom stereocenters. The Morgan fingerprint density at radius 2 is 1.72 bits per heavy atom. The maximum Gasteiger partial charge on any atom is 0.338 e. The zero-order valence-corrected chi connectivity index (χ0v) is 18.4. The average Bonchev–Trinajstić information content (AvgIpc) is 2.79.